The first-order valence-electron chi connectivity index (χ1n) is 9.69. The minimum Gasteiger partial charge on any atom is -0.393 e. The number of carbonyl (C=O) groups excluding carboxylic acids is 1. The maximum atomic E-state index is 12.1. The molecule has 1 saturated carbocycles. The van der Waals surface area contributed by atoms with Crippen molar-refractivity contribution in [2.45, 2.75) is 38.2 Å². The molecule has 0 bridgehead atoms. The summed E-state index contributed by atoms with van der Waals surface area (Å²) in [6.45, 7) is 5.48. The van der Waals surface area contributed by atoms with Crippen LogP contribution in [-0.2, 0) is 4.79 Å². The van der Waals surface area contributed by atoms with Gasteiger partial charge in [0, 0.05) is 57.3 Å². The van der Waals surface area contributed by atoms with Crippen molar-refractivity contribution in [2.75, 3.05) is 44.2 Å². The van der Waals surface area contributed by atoms with Crippen molar-refractivity contribution in [3.63, 3.8) is 0 Å². The Bertz CT molecular complexity index is 529. The number of anilines is 1. The summed E-state index contributed by atoms with van der Waals surface area (Å²) in [5.74, 6) is 0.357. The van der Waals surface area contributed by atoms with Crippen LogP contribution in [-0.4, -0.2) is 61.3 Å². The zero-order valence-corrected chi connectivity index (χ0v) is 15.1. The Morgan fingerprint density at radius 3 is 2.52 bits per heavy atom. The predicted octanol–water partition coefficient (Wildman–Crippen LogP) is 1.87. The summed E-state index contributed by atoms with van der Waals surface area (Å²) in [6.07, 6.45) is 4.51. The van der Waals surface area contributed by atoms with Crippen LogP contribution in [0.5, 0.6) is 0 Å². The molecule has 1 amide bonds. The molecule has 25 heavy (non-hydrogen) atoms. The average Bonchev–Trinajstić information content (AvgIpc) is 2.67. The normalized spacial score (nSPS) is 24.9. The number of piperazine rings is 1. The van der Waals surface area contributed by atoms with Crippen LogP contribution >= 0.6 is 0 Å². The van der Waals surface area contributed by atoms with Gasteiger partial charge in [0.15, 0.2) is 0 Å². The van der Waals surface area contributed by atoms with Gasteiger partial charge in [0.25, 0.3) is 0 Å². The summed E-state index contributed by atoms with van der Waals surface area (Å²) in [4.78, 5) is 16.9. The number of rotatable bonds is 6. The molecule has 2 atom stereocenters. The van der Waals surface area contributed by atoms with E-state index in [4.69, 9.17) is 0 Å². The Morgan fingerprint density at radius 2 is 1.80 bits per heavy atom. The average molecular weight is 345 g/mol. The number of aliphatic hydroxyl groups is 1. The number of nitrogens with one attached hydrogen (secondary N) is 1. The van der Waals surface area contributed by atoms with E-state index in [0.717, 1.165) is 52.0 Å². The van der Waals surface area contributed by atoms with Crippen LogP contribution in [0.2, 0.25) is 0 Å². The fourth-order valence-corrected chi connectivity index (χ4v) is 3.89. The maximum Gasteiger partial charge on any atom is 0.221 e. The summed E-state index contributed by atoms with van der Waals surface area (Å²) < 4.78 is 0. The molecule has 0 spiro atoms. The van der Waals surface area contributed by atoms with Gasteiger partial charge in [-0.2, -0.15) is 0 Å². The van der Waals surface area contributed by atoms with Gasteiger partial charge >= 0.3 is 0 Å². The molecule has 3 rings (SSSR count). The van der Waals surface area contributed by atoms with Crippen molar-refractivity contribution in [1.82, 2.24) is 10.2 Å². The van der Waals surface area contributed by atoms with E-state index in [9.17, 15) is 9.90 Å². The summed E-state index contributed by atoms with van der Waals surface area (Å²) in [6, 6.07) is 10.5. The van der Waals surface area contributed by atoms with Gasteiger partial charge in [-0.3, -0.25) is 9.69 Å². The van der Waals surface area contributed by atoms with Crippen molar-refractivity contribution < 1.29 is 9.90 Å². The summed E-state index contributed by atoms with van der Waals surface area (Å²) >= 11 is 0. The highest BCUT2D eigenvalue weighted by atomic mass is 16.3. The van der Waals surface area contributed by atoms with Crippen LogP contribution in [0.3, 0.4) is 0 Å². The lowest BCUT2D eigenvalue weighted by Crippen LogP contribution is -2.47. The van der Waals surface area contributed by atoms with Gasteiger partial charge in [-0.15, -0.1) is 0 Å². The number of amides is 1. The molecule has 1 heterocycles. The summed E-state index contributed by atoms with van der Waals surface area (Å²) in [7, 11) is 0. The first kappa shape index (κ1) is 18.2. The highest BCUT2D eigenvalue weighted by Crippen LogP contribution is 2.23. The number of aliphatic hydroxyl groups excluding tert-OH is 1. The van der Waals surface area contributed by atoms with Crippen LogP contribution in [0, 0.1) is 5.92 Å². The molecular formula is C20H31N3O2. The van der Waals surface area contributed by atoms with Crippen molar-refractivity contribution in [3.8, 4) is 0 Å². The van der Waals surface area contributed by atoms with Crippen LogP contribution in [0.4, 0.5) is 5.69 Å². The standard InChI is InChI=1S/C20H31N3O2/c24-19-9-5-4-6-17(19)16-21-20(25)10-11-22-12-14-23(15-13-22)18-7-2-1-3-8-18/h1-3,7-8,17,19,24H,4-6,9-16H2,(H,21,25)/t17-,19+/m1/s1. The van der Waals surface area contributed by atoms with Gasteiger partial charge in [-0.1, -0.05) is 31.0 Å². The Hall–Kier alpha value is -1.59. The third-order valence-electron chi connectivity index (χ3n) is 5.58. The monoisotopic (exact) mass is 345 g/mol. The molecule has 0 unspecified atom stereocenters. The fraction of sp³-hybridized carbons (Fsp3) is 0.650. The third-order valence-corrected chi connectivity index (χ3v) is 5.58. The number of nitrogens with zero attached hydrogens (tertiary/aromatic N) is 2. The second-order valence-electron chi connectivity index (χ2n) is 7.33. The van der Waals surface area contributed by atoms with Crippen molar-refractivity contribution in [3.05, 3.63) is 30.3 Å². The molecule has 2 aliphatic rings. The molecule has 1 aliphatic carbocycles. The van der Waals surface area contributed by atoms with Gasteiger partial charge in [0.2, 0.25) is 5.91 Å². The van der Waals surface area contributed by atoms with Crippen molar-refractivity contribution in [1.29, 1.82) is 0 Å². The van der Waals surface area contributed by atoms with Gasteiger partial charge in [-0.25, -0.2) is 0 Å². The number of hydrogen-bond donors (Lipinski definition) is 2. The van der Waals surface area contributed by atoms with Gasteiger partial charge in [-0.05, 0) is 25.0 Å². The molecule has 1 aliphatic heterocycles. The van der Waals surface area contributed by atoms with Crippen LogP contribution in [0.25, 0.3) is 0 Å². The van der Waals surface area contributed by atoms with Crippen LogP contribution in [0.15, 0.2) is 30.3 Å². The molecule has 1 saturated heterocycles. The lowest BCUT2D eigenvalue weighted by Gasteiger charge is -2.36. The quantitative estimate of drug-likeness (QED) is 0.826. The number of para-hydroxylation sites is 1. The number of hydrogen-bond acceptors (Lipinski definition) is 4. The van der Waals surface area contributed by atoms with E-state index >= 15 is 0 Å². The third kappa shape index (κ3) is 5.44. The molecular weight excluding hydrogens is 314 g/mol. The molecule has 2 N–H and O–H groups in total. The Kier molecular flexibility index (Phi) is 6.70. The minimum absolute atomic E-state index is 0.114. The molecule has 1 aromatic rings. The predicted molar refractivity (Wildman–Crippen MR) is 101 cm³/mol. The van der Waals surface area contributed by atoms with E-state index in [2.05, 4.69) is 39.4 Å². The Labute approximate surface area is 151 Å². The number of benzene rings is 1. The van der Waals surface area contributed by atoms with E-state index in [1.165, 1.54) is 12.1 Å². The van der Waals surface area contributed by atoms with Gasteiger partial charge in [0.1, 0.15) is 0 Å². The largest absolute Gasteiger partial charge is 0.393 e. The molecule has 1 aromatic carbocycles. The lowest BCUT2D eigenvalue weighted by molar-refractivity contribution is -0.121. The van der Waals surface area contributed by atoms with E-state index < -0.39 is 0 Å². The maximum absolute atomic E-state index is 12.1. The van der Waals surface area contributed by atoms with Crippen LogP contribution < -0.4 is 10.2 Å². The highest BCUT2D eigenvalue weighted by molar-refractivity contribution is 5.76. The zero-order chi connectivity index (χ0) is 17.5. The second kappa shape index (κ2) is 9.20. The topological polar surface area (TPSA) is 55.8 Å². The Balaban J connectivity index is 1.32. The smallest absolute Gasteiger partial charge is 0.221 e. The van der Waals surface area contributed by atoms with Crippen LogP contribution in [0.1, 0.15) is 32.1 Å². The van der Waals surface area contributed by atoms with E-state index in [0.29, 0.717) is 13.0 Å². The number of carbonyl (C=O) groups is 1. The lowest BCUT2D eigenvalue weighted by atomic mass is 9.86. The molecule has 5 nitrogen and oxygen atoms in total. The van der Waals surface area contributed by atoms with Gasteiger partial charge in [0.05, 0.1) is 6.10 Å². The second-order valence-corrected chi connectivity index (χ2v) is 7.33. The van der Waals surface area contributed by atoms with E-state index in [1.54, 1.807) is 0 Å². The van der Waals surface area contributed by atoms with E-state index in [1.807, 2.05) is 6.07 Å². The molecule has 0 aromatic heterocycles. The SMILES string of the molecule is O=C(CCN1CCN(c2ccccc2)CC1)NC[C@H]1CCCC[C@@H]1O. The highest BCUT2D eigenvalue weighted by Gasteiger charge is 2.23. The molecule has 2 fully saturated rings. The Morgan fingerprint density at radius 1 is 1.08 bits per heavy atom. The fourth-order valence-electron chi connectivity index (χ4n) is 3.89. The minimum atomic E-state index is -0.236. The first-order valence-corrected chi connectivity index (χ1v) is 9.69. The summed E-state index contributed by atoms with van der Waals surface area (Å²) in [5.41, 5.74) is 1.28. The van der Waals surface area contributed by atoms with Gasteiger partial charge < -0.3 is 15.3 Å². The van der Waals surface area contributed by atoms with Crippen molar-refractivity contribution >= 4 is 11.6 Å². The molecule has 138 valence electrons. The summed E-state index contributed by atoms with van der Waals surface area (Å²) in [5, 5.41) is 13.0. The first-order chi connectivity index (χ1) is 12.2. The van der Waals surface area contributed by atoms with Crippen molar-refractivity contribution in [2.24, 2.45) is 5.92 Å². The zero-order valence-electron chi connectivity index (χ0n) is 15.1. The van der Waals surface area contributed by atoms with E-state index in [-0.39, 0.29) is 17.9 Å². The molecule has 0 radical (unpaired) electrons. The molecule has 5 heteroatoms.